The Morgan fingerprint density at radius 3 is 0.711 bits per heavy atom. The van der Waals surface area contributed by atoms with Crippen LogP contribution in [0.25, 0.3) is 44.5 Å². The third kappa shape index (κ3) is 5.51. The van der Waals surface area contributed by atoms with Gasteiger partial charge in [0.05, 0.1) is 0 Å². The first-order chi connectivity index (χ1) is 18.7. The second kappa shape index (κ2) is 12.9. The Bertz CT molecular complexity index is 1340. The van der Waals surface area contributed by atoms with Crippen molar-refractivity contribution in [3.63, 3.8) is 0 Å². The summed E-state index contributed by atoms with van der Waals surface area (Å²) < 4.78 is 0. The summed E-state index contributed by atoms with van der Waals surface area (Å²) in [5.74, 6) is 0. The largest absolute Gasteiger partial charge is 0.0876 e. The summed E-state index contributed by atoms with van der Waals surface area (Å²) in [5.41, 5.74) is 15.1. The van der Waals surface area contributed by atoms with E-state index in [1.807, 2.05) is 0 Å². The summed E-state index contributed by atoms with van der Waals surface area (Å²) in [5, 5.41) is 3.18. The summed E-state index contributed by atoms with van der Waals surface area (Å²) in [4.78, 5) is 0. The van der Waals surface area contributed by atoms with E-state index >= 15 is 0 Å². The molecule has 0 saturated heterocycles. The van der Waals surface area contributed by atoms with Crippen LogP contribution in [0.5, 0.6) is 0 Å². The number of halogens is 4. The van der Waals surface area contributed by atoms with Crippen LogP contribution in [-0.4, -0.2) is 0 Å². The monoisotopic (exact) mass is 750 g/mol. The van der Waals surface area contributed by atoms with Crippen molar-refractivity contribution in [3.8, 4) is 44.5 Å². The lowest BCUT2D eigenvalue weighted by atomic mass is 9.82. The first kappa shape index (κ1) is 27.6. The van der Waals surface area contributed by atoms with Gasteiger partial charge in [0.1, 0.15) is 0 Å². The van der Waals surface area contributed by atoms with E-state index in [-0.39, 0.29) is 0 Å². The molecule has 0 heterocycles. The third-order valence-electron chi connectivity index (χ3n) is 6.96. The molecule has 0 aliphatic carbocycles. The van der Waals surface area contributed by atoms with Crippen LogP contribution >= 0.6 is 63.7 Å². The Balaban J connectivity index is 1.95. The van der Waals surface area contributed by atoms with Crippen LogP contribution in [0.3, 0.4) is 0 Å². The van der Waals surface area contributed by atoms with Crippen molar-refractivity contribution < 1.29 is 0 Å². The van der Waals surface area contributed by atoms with Crippen LogP contribution in [0.4, 0.5) is 0 Å². The average molecular weight is 754 g/mol. The maximum atomic E-state index is 3.75. The Labute approximate surface area is 259 Å². The van der Waals surface area contributed by atoms with Gasteiger partial charge in [0.15, 0.2) is 0 Å². The molecule has 5 aromatic carbocycles. The topological polar surface area (TPSA) is 0 Å². The molecular formula is C34H26Br4. The van der Waals surface area contributed by atoms with Crippen molar-refractivity contribution >= 4 is 63.7 Å². The van der Waals surface area contributed by atoms with Crippen LogP contribution in [0.15, 0.2) is 109 Å². The lowest BCUT2D eigenvalue weighted by Crippen LogP contribution is -1.98. The molecule has 0 atom stereocenters. The normalized spacial score (nSPS) is 11.1. The van der Waals surface area contributed by atoms with Gasteiger partial charge in [-0.05, 0) is 78.9 Å². The fourth-order valence-corrected chi connectivity index (χ4v) is 7.05. The van der Waals surface area contributed by atoms with Crippen LogP contribution in [-0.2, 0) is 21.3 Å². The van der Waals surface area contributed by atoms with E-state index < -0.39 is 0 Å². The van der Waals surface area contributed by atoms with E-state index in [2.05, 4.69) is 173 Å². The first-order valence-electron chi connectivity index (χ1n) is 12.4. The second-order valence-corrected chi connectivity index (χ2v) is 11.3. The lowest BCUT2D eigenvalue weighted by molar-refractivity contribution is 1.38. The smallest absolute Gasteiger partial charge is 0.0289 e. The van der Waals surface area contributed by atoms with E-state index in [9.17, 15) is 0 Å². The number of hydrogen-bond acceptors (Lipinski definition) is 0. The number of alkyl halides is 4. The van der Waals surface area contributed by atoms with Gasteiger partial charge >= 0.3 is 0 Å². The molecule has 0 amide bonds. The highest BCUT2D eigenvalue weighted by Gasteiger charge is 2.20. The maximum absolute atomic E-state index is 3.75. The van der Waals surface area contributed by atoms with Crippen LogP contribution in [0.2, 0.25) is 0 Å². The minimum atomic E-state index is 0.796. The third-order valence-corrected chi connectivity index (χ3v) is 9.38. The summed E-state index contributed by atoms with van der Waals surface area (Å²) >= 11 is 15.0. The van der Waals surface area contributed by atoms with Gasteiger partial charge < -0.3 is 0 Å². The van der Waals surface area contributed by atoms with Gasteiger partial charge in [0, 0.05) is 21.3 Å². The zero-order valence-corrected chi connectivity index (χ0v) is 27.1. The van der Waals surface area contributed by atoms with Gasteiger partial charge in [0.2, 0.25) is 0 Å². The van der Waals surface area contributed by atoms with Gasteiger partial charge in [-0.25, -0.2) is 0 Å². The molecule has 0 N–H and O–H groups in total. The van der Waals surface area contributed by atoms with Gasteiger partial charge in [-0.1, -0.05) is 161 Å². The van der Waals surface area contributed by atoms with Crippen molar-refractivity contribution in [1.82, 2.24) is 0 Å². The Morgan fingerprint density at radius 1 is 0.289 bits per heavy atom. The van der Waals surface area contributed by atoms with E-state index in [4.69, 9.17) is 0 Å². The Hall–Kier alpha value is -1.98. The average Bonchev–Trinajstić information content (AvgIpc) is 3.00. The molecule has 190 valence electrons. The molecule has 0 radical (unpaired) electrons. The van der Waals surface area contributed by atoms with Crippen molar-refractivity contribution in [1.29, 1.82) is 0 Å². The molecule has 0 aliphatic rings. The lowest BCUT2D eigenvalue weighted by Gasteiger charge is -2.22. The van der Waals surface area contributed by atoms with E-state index in [1.165, 1.54) is 66.8 Å². The standard InChI is InChI=1S/C34H26Br4/c35-19-23-9-1-5-13-27(23)31-17-33(29-15-7-3-11-25(29)21-37)34(30-16-8-4-12-26(30)22-38)18-32(31)28-14-6-2-10-24(28)20-36/h1-18H,19-22H2. The molecular weight excluding hydrogens is 728 g/mol. The fourth-order valence-electron chi connectivity index (χ4n) is 5.09. The van der Waals surface area contributed by atoms with E-state index in [0.29, 0.717) is 0 Å². The second-order valence-electron chi connectivity index (χ2n) is 9.11. The maximum Gasteiger partial charge on any atom is 0.0289 e. The molecule has 5 rings (SSSR count). The molecule has 0 aromatic heterocycles. The summed E-state index contributed by atoms with van der Waals surface area (Å²) in [6.45, 7) is 0. The predicted molar refractivity (Wildman–Crippen MR) is 179 cm³/mol. The van der Waals surface area contributed by atoms with Crippen molar-refractivity contribution in [3.05, 3.63) is 131 Å². The van der Waals surface area contributed by atoms with Gasteiger partial charge in [-0.3, -0.25) is 0 Å². The summed E-state index contributed by atoms with van der Waals surface area (Å²) in [7, 11) is 0. The highest BCUT2D eigenvalue weighted by Crippen LogP contribution is 2.45. The minimum absolute atomic E-state index is 0.796. The number of hydrogen-bond donors (Lipinski definition) is 0. The highest BCUT2D eigenvalue weighted by atomic mass is 79.9. The van der Waals surface area contributed by atoms with Crippen molar-refractivity contribution in [2.75, 3.05) is 0 Å². The number of rotatable bonds is 8. The summed E-state index contributed by atoms with van der Waals surface area (Å²) in [6.07, 6.45) is 0. The van der Waals surface area contributed by atoms with Gasteiger partial charge in [-0.2, -0.15) is 0 Å². The Kier molecular flexibility index (Phi) is 9.37. The first-order valence-corrected chi connectivity index (χ1v) is 16.9. The van der Waals surface area contributed by atoms with Crippen LogP contribution < -0.4 is 0 Å². The quantitative estimate of drug-likeness (QED) is 0.138. The van der Waals surface area contributed by atoms with Gasteiger partial charge in [0.25, 0.3) is 0 Å². The molecule has 0 spiro atoms. The molecule has 4 heteroatoms. The molecule has 0 bridgehead atoms. The molecule has 0 fully saturated rings. The molecule has 38 heavy (non-hydrogen) atoms. The fraction of sp³-hybridized carbons (Fsp3) is 0.118. The summed E-state index contributed by atoms with van der Waals surface area (Å²) in [6, 6.07) is 39.7. The number of benzene rings is 5. The van der Waals surface area contributed by atoms with E-state index in [0.717, 1.165) is 21.3 Å². The molecule has 0 unspecified atom stereocenters. The van der Waals surface area contributed by atoms with Crippen LogP contribution in [0.1, 0.15) is 22.3 Å². The minimum Gasteiger partial charge on any atom is -0.0876 e. The predicted octanol–water partition coefficient (Wildman–Crippen LogP) is 11.9. The molecule has 5 aromatic rings. The molecule has 0 aliphatic heterocycles. The van der Waals surface area contributed by atoms with Crippen LogP contribution in [0, 0.1) is 0 Å². The highest BCUT2D eigenvalue weighted by molar-refractivity contribution is 9.09. The zero-order chi connectivity index (χ0) is 26.5. The zero-order valence-electron chi connectivity index (χ0n) is 20.7. The van der Waals surface area contributed by atoms with Crippen molar-refractivity contribution in [2.45, 2.75) is 21.3 Å². The van der Waals surface area contributed by atoms with Gasteiger partial charge in [-0.15, -0.1) is 0 Å². The molecule has 0 nitrogen and oxygen atoms in total. The van der Waals surface area contributed by atoms with Crippen molar-refractivity contribution in [2.24, 2.45) is 0 Å². The SMILES string of the molecule is BrCc1ccccc1-c1cc(-c2ccccc2CBr)c(-c2ccccc2CBr)cc1-c1ccccc1CBr. The Morgan fingerprint density at radius 2 is 0.500 bits per heavy atom. The molecule has 0 saturated carbocycles. The van der Waals surface area contributed by atoms with E-state index in [1.54, 1.807) is 0 Å².